The average Bonchev–Trinajstić information content (AvgIpc) is 3.54. The molecule has 4 heterocycles. The van der Waals surface area contributed by atoms with Gasteiger partial charge in [0, 0.05) is 30.9 Å². The Morgan fingerprint density at radius 2 is 0.967 bits per heavy atom. The Kier molecular flexibility index (Phi) is 3.34. The Morgan fingerprint density at radius 3 is 1.50 bits per heavy atom. The molecule has 0 saturated carbocycles. The third kappa shape index (κ3) is 2.35. The van der Waals surface area contributed by atoms with Gasteiger partial charge in [0.1, 0.15) is 0 Å². The smallest absolute Gasteiger partial charge is 0.188 e. The van der Waals surface area contributed by atoms with E-state index in [0.717, 1.165) is 9.79 Å². The molecule has 3 aromatic carbocycles. The Morgan fingerprint density at radius 1 is 0.467 bits per heavy atom. The van der Waals surface area contributed by atoms with Crippen LogP contribution in [0.2, 0.25) is 0 Å². The SMILES string of the molecule is c1cc(-c2ccc3sc4occc4c3c2)cc(-c2ccc3sc4occc4c3c2)c1. The van der Waals surface area contributed by atoms with E-state index in [4.69, 9.17) is 8.83 Å². The number of hydrogen-bond donors (Lipinski definition) is 0. The van der Waals surface area contributed by atoms with Gasteiger partial charge in [-0.25, -0.2) is 0 Å². The normalized spacial score (nSPS) is 12.0. The monoisotopic (exact) mass is 422 g/mol. The summed E-state index contributed by atoms with van der Waals surface area (Å²) in [6, 6.07) is 26.3. The van der Waals surface area contributed by atoms with Crippen LogP contribution in [0.5, 0.6) is 0 Å². The zero-order valence-electron chi connectivity index (χ0n) is 15.7. The third-order valence-electron chi connectivity index (χ3n) is 5.73. The Hall–Kier alpha value is -3.34. The topological polar surface area (TPSA) is 26.3 Å². The highest BCUT2D eigenvalue weighted by Crippen LogP contribution is 2.39. The molecule has 0 atom stereocenters. The van der Waals surface area contributed by atoms with Crippen LogP contribution in [-0.4, -0.2) is 0 Å². The first-order valence-electron chi connectivity index (χ1n) is 9.74. The first-order valence-corrected chi connectivity index (χ1v) is 11.4. The Balaban J connectivity index is 1.37. The number of furan rings is 2. The van der Waals surface area contributed by atoms with E-state index in [1.807, 2.05) is 0 Å². The van der Waals surface area contributed by atoms with E-state index >= 15 is 0 Å². The van der Waals surface area contributed by atoms with Gasteiger partial charge in [0.25, 0.3) is 0 Å². The lowest BCUT2D eigenvalue weighted by atomic mass is 9.97. The van der Waals surface area contributed by atoms with Crippen molar-refractivity contribution in [3.05, 3.63) is 85.3 Å². The molecule has 0 radical (unpaired) electrons. The van der Waals surface area contributed by atoms with Gasteiger partial charge in [-0.15, -0.1) is 0 Å². The van der Waals surface area contributed by atoms with E-state index in [-0.39, 0.29) is 0 Å². The molecule has 0 unspecified atom stereocenters. The van der Waals surface area contributed by atoms with Gasteiger partial charge in [-0.05, 0) is 64.7 Å². The maximum atomic E-state index is 5.59. The summed E-state index contributed by atoms with van der Waals surface area (Å²) in [7, 11) is 0. The van der Waals surface area contributed by atoms with Crippen molar-refractivity contribution >= 4 is 63.4 Å². The summed E-state index contributed by atoms with van der Waals surface area (Å²) < 4.78 is 13.7. The van der Waals surface area contributed by atoms with Gasteiger partial charge in [-0.2, -0.15) is 0 Å². The molecular weight excluding hydrogens is 408 g/mol. The van der Waals surface area contributed by atoms with Crippen molar-refractivity contribution in [1.29, 1.82) is 0 Å². The van der Waals surface area contributed by atoms with Gasteiger partial charge in [-0.3, -0.25) is 0 Å². The molecule has 142 valence electrons. The number of rotatable bonds is 2. The van der Waals surface area contributed by atoms with Crippen LogP contribution in [0, 0.1) is 0 Å². The van der Waals surface area contributed by atoms with Gasteiger partial charge in [0.15, 0.2) is 9.79 Å². The second kappa shape index (κ2) is 6.08. The molecule has 2 nitrogen and oxygen atoms in total. The zero-order valence-corrected chi connectivity index (χ0v) is 17.3. The molecule has 0 N–H and O–H groups in total. The van der Waals surface area contributed by atoms with E-state index in [1.54, 1.807) is 35.2 Å². The summed E-state index contributed by atoms with van der Waals surface area (Å²) in [5.74, 6) is 0. The molecule has 0 bridgehead atoms. The quantitative estimate of drug-likeness (QED) is 0.278. The molecule has 4 heteroatoms. The van der Waals surface area contributed by atoms with E-state index in [9.17, 15) is 0 Å². The summed E-state index contributed by atoms with van der Waals surface area (Å²) >= 11 is 3.40. The highest BCUT2D eigenvalue weighted by Gasteiger charge is 2.11. The van der Waals surface area contributed by atoms with Gasteiger partial charge in [0.2, 0.25) is 0 Å². The van der Waals surface area contributed by atoms with Crippen molar-refractivity contribution in [2.24, 2.45) is 0 Å². The summed E-state index contributed by atoms with van der Waals surface area (Å²) in [5.41, 5.74) is 4.88. The molecule has 4 aromatic heterocycles. The van der Waals surface area contributed by atoms with E-state index in [0.29, 0.717) is 0 Å². The molecular formula is C26H14O2S2. The Labute approximate surface area is 179 Å². The molecule has 0 saturated heterocycles. The maximum Gasteiger partial charge on any atom is 0.188 e. The Bertz CT molecular complexity index is 1580. The molecule has 30 heavy (non-hydrogen) atoms. The molecule has 0 spiro atoms. The van der Waals surface area contributed by atoms with Crippen LogP contribution in [-0.2, 0) is 0 Å². The van der Waals surface area contributed by atoms with E-state index in [1.165, 1.54) is 53.2 Å². The highest BCUT2D eigenvalue weighted by atomic mass is 32.1. The van der Waals surface area contributed by atoms with Crippen LogP contribution >= 0.6 is 22.7 Å². The lowest BCUT2D eigenvalue weighted by Crippen LogP contribution is -1.81. The first kappa shape index (κ1) is 16.5. The zero-order chi connectivity index (χ0) is 19.7. The van der Waals surface area contributed by atoms with Crippen LogP contribution in [0.25, 0.3) is 63.0 Å². The maximum absolute atomic E-state index is 5.59. The minimum atomic E-state index is 0.991. The van der Waals surface area contributed by atoms with Crippen molar-refractivity contribution in [1.82, 2.24) is 0 Å². The van der Waals surface area contributed by atoms with Gasteiger partial charge in [0.05, 0.1) is 12.5 Å². The molecule has 0 aliphatic carbocycles. The highest BCUT2D eigenvalue weighted by molar-refractivity contribution is 7.25. The molecule has 0 aliphatic rings. The van der Waals surface area contributed by atoms with Crippen molar-refractivity contribution in [2.75, 3.05) is 0 Å². The largest absolute Gasteiger partial charge is 0.454 e. The number of benzene rings is 3. The van der Waals surface area contributed by atoms with E-state index < -0.39 is 0 Å². The first-order chi connectivity index (χ1) is 14.8. The second-order valence-corrected chi connectivity index (χ2v) is 9.48. The lowest BCUT2D eigenvalue weighted by molar-refractivity contribution is 0.623. The molecule has 7 aromatic rings. The minimum absolute atomic E-state index is 0.991. The van der Waals surface area contributed by atoms with Crippen LogP contribution in [0.15, 0.2) is 94.2 Å². The second-order valence-electron chi connectivity index (χ2n) is 7.45. The van der Waals surface area contributed by atoms with Crippen LogP contribution in [0.3, 0.4) is 0 Å². The van der Waals surface area contributed by atoms with Crippen molar-refractivity contribution in [3.63, 3.8) is 0 Å². The third-order valence-corrected chi connectivity index (χ3v) is 7.89. The number of thiophene rings is 2. The van der Waals surface area contributed by atoms with Crippen molar-refractivity contribution < 1.29 is 8.83 Å². The molecule has 7 rings (SSSR count). The summed E-state index contributed by atoms with van der Waals surface area (Å²) in [5, 5.41) is 4.91. The molecule has 0 aliphatic heterocycles. The summed E-state index contributed by atoms with van der Waals surface area (Å²) in [6.45, 7) is 0. The predicted octanol–water partition coefficient (Wildman–Crippen LogP) is 8.94. The fourth-order valence-electron chi connectivity index (χ4n) is 4.24. The average molecular weight is 423 g/mol. The summed E-state index contributed by atoms with van der Waals surface area (Å²) in [6.07, 6.45) is 3.54. The molecule has 0 fully saturated rings. The van der Waals surface area contributed by atoms with Gasteiger partial charge < -0.3 is 8.83 Å². The number of fused-ring (bicyclic) bond motifs is 6. The van der Waals surface area contributed by atoms with Crippen LogP contribution in [0.4, 0.5) is 0 Å². The lowest BCUT2D eigenvalue weighted by Gasteiger charge is -2.07. The van der Waals surface area contributed by atoms with Crippen LogP contribution in [0.1, 0.15) is 0 Å². The minimum Gasteiger partial charge on any atom is -0.454 e. The van der Waals surface area contributed by atoms with Crippen LogP contribution < -0.4 is 0 Å². The summed E-state index contributed by atoms with van der Waals surface area (Å²) in [4.78, 5) is 1.98. The molecule has 0 amide bonds. The predicted molar refractivity (Wildman–Crippen MR) is 128 cm³/mol. The fourth-order valence-corrected chi connectivity index (χ4v) is 6.26. The fraction of sp³-hybridized carbons (Fsp3) is 0. The number of hydrogen-bond acceptors (Lipinski definition) is 4. The van der Waals surface area contributed by atoms with Crippen molar-refractivity contribution in [3.8, 4) is 22.3 Å². The standard InChI is InChI=1S/C26H14O2S2/c1-2-15(17-4-6-23-21(13-17)19-8-10-27-25(19)29-23)12-16(3-1)18-5-7-24-22(14-18)20-9-11-28-26(20)30-24/h1-14H. The van der Waals surface area contributed by atoms with E-state index in [2.05, 4.69) is 72.8 Å². The van der Waals surface area contributed by atoms with Gasteiger partial charge in [-0.1, -0.05) is 53.0 Å². The van der Waals surface area contributed by atoms with Gasteiger partial charge >= 0.3 is 0 Å². The van der Waals surface area contributed by atoms with Crippen molar-refractivity contribution in [2.45, 2.75) is 0 Å².